The molecule has 1 atom stereocenters. The summed E-state index contributed by atoms with van der Waals surface area (Å²) in [6.07, 6.45) is 6.80. The fourth-order valence-corrected chi connectivity index (χ4v) is 4.41. The molecular formula is C20H29F3N4O3. The van der Waals surface area contributed by atoms with Crippen LogP contribution in [0.1, 0.15) is 50.6 Å². The highest BCUT2D eigenvalue weighted by Gasteiger charge is 2.47. The van der Waals surface area contributed by atoms with Crippen molar-refractivity contribution in [2.75, 3.05) is 19.6 Å². The Morgan fingerprint density at radius 1 is 1.27 bits per heavy atom. The number of rotatable bonds is 4. The molecule has 168 valence electrons. The Kier molecular flexibility index (Phi) is 6.74. The first-order valence-corrected chi connectivity index (χ1v) is 10.4. The summed E-state index contributed by atoms with van der Waals surface area (Å²) in [5.74, 6) is -1.55. The van der Waals surface area contributed by atoms with Crippen molar-refractivity contribution in [3.05, 3.63) is 18.2 Å². The van der Waals surface area contributed by atoms with Crippen molar-refractivity contribution in [2.45, 2.75) is 63.2 Å². The molecule has 1 N–H and O–H groups in total. The minimum absolute atomic E-state index is 0.168. The molecule has 0 radical (unpaired) electrons. The van der Waals surface area contributed by atoms with Gasteiger partial charge in [0, 0.05) is 44.8 Å². The Morgan fingerprint density at radius 3 is 2.53 bits per heavy atom. The van der Waals surface area contributed by atoms with Gasteiger partial charge in [0.2, 0.25) is 5.91 Å². The van der Waals surface area contributed by atoms with Crippen LogP contribution >= 0.6 is 0 Å². The van der Waals surface area contributed by atoms with Crippen LogP contribution in [0.15, 0.2) is 12.5 Å². The summed E-state index contributed by atoms with van der Waals surface area (Å²) in [4.78, 5) is 30.4. The topological polar surface area (TPSA) is 78.7 Å². The van der Waals surface area contributed by atoms with E-state index in [1.807, 2.05) is 12.5 Å². The van der Waals surface area contributed by atoms with Gasteiger partial charge in [-0.25, -0.2) is 9.78 Å². The maximum absolute atomic E-state index is 12.4. The number of aliphatic carboxylic acids is 1. The number of carboxylic acid groups (broad SMARTS) is 1. The quantitative estimate of drug-likeness (QED) is 0.795. The lowest BCUT2D eigenvalue weighted by atomic mass is 9.87. The maximum Gasteiger partial charge on any atom is 0.490 e. The third-order valence-corrected chi connectivity index (χ3v) is 6.37. The van der Waals surface area contributed by atoms with E-state index in [1.54, 1.807) is 0 Å². The average molecular weight is 430 g/mol. The van der Waals surface area contributed by atoms with E-state index in [4.69, 9.17) is 9.90 Å². The zero-order chi connectivity index (χ0) is 21.9. The fraction of sp³-hybridized carbons (Fsp3) is 0.750. The highest BCUT2D eigenvalue weighted by Crippen LogP contribution is 2.42. The second-order valence-corrected chi connectivity index (χ2v) is 8.60. The van der Waals surface area contributed by atoms with Gasteiger partial charge in [-0.05, 0) is 51.0 Å². The summed E-state index contributed by atoms with van der Waals surface area (Å²) >= 11 is 0. The van der Waals surface area contributed by atoms with Crippen LogP contribution in [0, 0.1) is 5.92 Å². The molecule has 30 heavy (non-hydrogen) atoms. The first kappa shape index (κ1) is 22.6. The number of aromatic nitrogens is 2. The number of carboxylic acids is 1. The van der Waals surface area contributed by atoms with Crippen molar-refractivity contribution in [3.8, 4) is 0 Å². The van der Waals surface area contributed by atoms with E-state index in [1.165, 1.54) is 31.4 Å². The lowest BCUT2D eigenvalue weighted by Crippen LogP contribution is -2.47. The number of aryl methyl sites for hydroxylation is 1. The first-order valence-electron chi connectivity index (χ1n) is 10.4. The zero-order valence-corrected chi connectivity index (χ0v) is 17.2. The molecule has 1 amide bonds. The number of imidazole rings is 1. The third kappa shape index (κ3) is 5.53. The van der Waals surface area contributed by atoms with Gasteiger partial charge in [0.25, 0.3) is 0 Å². The predicted molar refractivity (Wildman–Crippen MR) is 102 cm³/mol. The molecule has 1 unspecified atom stereocenters. The maximum atomic E-state index is 12.4. The summed E-state index contributed by atoms with van der Waals surface area (Å²) in [5.41, 5.74) is 1.44. The van der Waals surface area contributed by atoms with Crippen molar-refractivity contribution in [2.24, 2.45) is 13.0 Å². The fourth-order valence-electron chi connectivity index (χ4n) is 4.41. The normalized spacial score (nSPS) is 25.2. The zero-order valence-electron chi connectivity index (χ0n) is 17.2. The van der Waals surface area contributed by atoms with Gasteiger partial charge in [0.05, 0.1) is 12.0 Å². The van der Waals surface area contributed by atoms with E-state index < -0.39 is 12.1 Å². The van der Waals surface area contributed by atoms with Gasteiger partial charge < -0.3 is 14.6 Å². The van der Waals surface area contributed by atoms with E-state index in [0.29, 0.717) is 5.91 Å². The van der Waals surface area contributed by atoms with Gasteiger partial charge in [-0.2, -0.15) is 13.2 Å². The number of carbonyl (C=O) groups excluding carboxylic acids is 1. The summed E-state index contributed by atoms with van der Waals surface area (Å²) in [5, 5.41) is 7.12. The first-order chi connectivity index (χ1) is 14.1. The number of amides is 1. The number of hydrogen-bond donors (Lipinski definition) is 1. The summed E-state index contributed by atoms with van der Waals surface area (Å²) in [6, 6.07) is 0. The molecule has 0 aromatic carbocycles. The van der Waals surface area contributed by atoms with Crippen LogP contribution in [0.2, 0.25) is 0 Å². The van der Waals surface area contributed by atoms with Gasteiger partial charge in [0.15, 0.2) is 0 Å². The SMILES string of the molecule is Cn1cncc1CN1CCCC2(CCC(=O)N2CC2CC2)CC1.O=C(O)C(F)(F)F. The lowest BCUT2D eigenvalue weighted by Gasteiger charge is -2.38. The van der Waals surface area contributed by atoms with Crippen molar-refractivity contribution >= 4 is 11.9 Å². The molecule has 1 aliphatic carbocycles. The van der Waals surface area contributed by atoms with Gasteiger partial charge in [-0.3, -0.25) is 9.69 Å². The van der Waals surface area contributed by atoms with Crippen LogP contribution in [0.4, 0.5) is 13.2 Å². The molecule has 7 nitrogen and oxygen atoms in total. The Labute approximate surface area is 173 Å². The monoisotopic (exact) mass is 430 g/mol. The standard InChI is InChI=1S/C18H28N4O.C2HF3O2/c1-20-14-19-11-16(20)13-21-9-2-6-18(8-10-21)7-5-17(23)22(18)12-15-3-4-15;3-2(4,5)1(6)7/h11,14-15H,2-10,12-13H2,1H3;(H,6,7). The number of hydrogen-bond acceptors (Lipinski definition) is 4. The van der Waals surface area contributed by atoms with Crippen LogP contribution in [0.5, 0.6) is 0 Å². The third-order valence-electron chi connectivity index (χ3n) is 6.37. The Balaban J connectivity index is 0.000000318. The van der Waals surface area contributed by atoms with Crippen molar-refractivity contribution in [3.63, 3.8) is 0 Å². The number of alkyl halides is 3. The van der Waals surface area contributed by atoms with E-state index in [9.17, 15) is 18.0 Å². The number of nitrogens with zero attached hydrogens (tertiary/aromatic N) is 4. The summed E-state index contributed by atoms with van der Waals surface area (Å²) < 4.78 is 33.8. The lowest BCUT2D eigenvalue weighted by molar-refractivity contribution is -0.192. The molecule has 3 aliphatic rings. The number of halogens is 3. The van der Waals surface area contributed by atoms with E-state index in [0.717, 1.165) is 51.4 Å². The molecule has 3 heterocycles. The Bertz CT molecular complexity index is 763. The average Bonchev–Trinajstić information content (AvgIpc) is 3.37. The molecule has 10 heteroatoms. The molecule has 1 aromatic heterocycles. The smallest absolute Gasteiger partial charge is 0.475 e. The molecule has 0 bridgehead atoms. The molecular weight excluding hydrogens is 401 g/mol. The van der Waals surface area contributed by atoms with E-state index in [2.05, 4.69) is 26.4 Å². The number of likely N-dealkylation sites (tertiary alicyclic amines) is 2. The molecule has 1 saturated carbocycles. The minimum Gasteiger partial charge on any atom is -0.475 e. The second kappa shape index (κ2) is 8.95. The van der Waals surface area contributed by atoms with Crippen LogP contribution < -0.4 is 0 Å². The number of carbonyl (C=O) groups is 2. The van der Waals surface area contributed by atoms with Gasteiger partial charge in [0.1, 0.15) is 0 Å². The predicted octanol–water partition coefficient (Wildman–Crippen LogP) is 2.81. The van der Waals surface area contributed by atoms with Crippen molar-refractivity contribution in [1.29, 1.82) is 0 Å². The van der Waals surface area contributed by atoms with Crippen LogP contribution in [-0.4, -0.2) is 67.7 Å². The molecule has 1 spiro atoms. The Morgan fingerprint density at radius 2 is 1.97 bits per heavy atom. The van der Waals surface area contributed by atoms with Gasteiger partial charge >= 0.3 is 12.1 Å². The molecule has 1 aromatic rings. The van der Waals surface area contributed by atoms with Crippen LogP contribution in [0.3, 0.4) is 0 Å². The summed E-state index contributed by atoms with van der Waals surface area (Å²) in [6.45, 7) is 4.24. The largest absolute Gasteiger partial charge is 0.490 e. The van der Waals surface area contributed by atoms with Crippen molar-refractivity contribution < 1.29 is 27.9 Å². The van der Waals surface area contributed by atoms with Crippen LogP contribution in [0.25, 0.3) is 0 Å². The molecule has 2 aliphatic heterocycles. The molecule has 4 rings (SSSR count). The molecule has 3 fully saturated rings. The van der Waals surface area contributed by atoms with E-state index >= 15 is 0 Å². The van der Waals surface area contributed by atoms with Crippen molar-refractivity contribution in [1.82, 2.24) is 19.4 Å². The van der Waals surface area contributed by atoms with Gasteiger partial charge in [-0.1, -0.05) is 0 Å². The highest BCUT2D eigenvalue weighted by atomic mass is 19.4. The Hall–Kier alpha value is -2.10. The second-order valence-electron chi connectivity index (χ2n) is 8.60. The highest BCUT2D eigenvalue weighted by molar-refractivity contribution is 5.79. The summed E-state index contributed by atoms with van der Waals surface area (Å²) in [7, 11) is 2.06. The minimum atomic E-state index is -5.08. The van der Waals surface area contributed by atoms with Gasteiger partial charge in [-0.15, -0.1) is 0 Å². The van der Waals surface area contributed by atoms with E-state index in [-0.39, 0.29) is 5.54 Å². The molecule has 2 saturated heterocycles. The van der Waals surface area contributed by atoms with Crippen LogP contribution in [-0.2, 0) is 23.2 Å².